The molecule has 0 aliphatic heterocycles. The van der Waals surface area contributed by atoms with Crippen molar-refractivity contribution in [1.29, 1.82) is 0 Å². The Hall–Kier alpha value is -2.30. The molecule has 20 heavy (non-hydrogen) atoms. The van der Waals surface area contributed by atoms with Crippen LogP contribution in [0.1, 0.15) is 26.3 Å². The summed E-state index contributed by atoms with van der Waals surface area (Å²) in [6, 6.07) is 6.12. The molecular formula is C15H19N5. The zero-order valence-electron chi connectivity index (χ0n) is 12.0. The average Bonchev–Trinajstić information content (AvgIpc) is 3.04. The average molecular weight is 269 g/mol. The highest BCUT2D eigenvalue weighted by Crippen LogP contribution is 2.21. The summed E-state index contributed by atoms with van der Waals surface area (Å²) in [5, 5.41) is 16.0. The van der Waals surface area contributed by atoms with Crippen molar-refractivity contribution in [2.45, 2.75) is 32.9 Å². The SMILES string of the molecule is CC(C)(C)n1cc(CNc2cccc3cn[nH]c23)cn1. The van der Waals surface area contributed by atoms with Crippen LogP contribution in [0.2, 0.25) is 0 Å². The van der Waals surface area contributed by atoms with Gasteiger partial charge in [-0.1, -0.05) is 12.1 Å². The summed E-state index contributed by atoms with van der Waals surface area (Å²) in [5.74, 6) is 0. The van der Waals surface area contributed by atoms with E-state index in [4.69, 9.17) is 0 Å². The molecule has 5 heteroatoms. The fourth-order valence-corrected chi connectivity index (χ4v) is 2.13. The van der Waals surface area contributed by atoms with E-state index in [0.29, 0.717) is 0 Å². The third-order valence-electron chi connectivity index (χ3n) is 3.28. The van der Waals surface area contributed by atoms with E-state index in [2.05, 4.69) is 53.6 Å². The van der Waals surface area contributed by atoms with Gasteiger partial charge >= 0.3 is 0 Å². The van der Waals surface area contributed by atoms with Crippen LogP contribution < -0.4 is 5.32 Å². The van der Waals surface area contributed by atoms with Gasteiger partial charge in [-0.25, -0.2) is 0 Å². The van der Waals surface area contributed by atoms with Gasteiger partial charge in [0.25, 0.3) is 0 Å². The van der Waals surface area contributed by atoms with Gasteiger partial charge in [0.1, 0.15) is 0 Å². The maximum atomic E-state index is 4.41. The van der Waals surface area contributed by atoms with E-state index >= 15 is 0 Å². The summed E-state index contributed by atoms with van der Waals surface area (Å²) in [5.41, 5.74) is 3.28. The van der Waals surface area contributed by atoms with Crippen molar-refractivity contribution in [3.8, 4) is 0 Å². The lowest BCUT2D eigenvalue weighted by molar-refractivity contribution is 0.355. The van der Waals surface area contributed by atoms with Gasteiger partial charge in [0.05, 0.1) is 29.1 Å². The van der Waals surface area contributed by atoms with Crippen LogP contribution in [0.5, 0.6) is 0 Å². The highest BCUT2D eigenvalue weighted by Gasteiger charge is 2.13. The summed E-state index contributed by atoms with van der Waals surface area (Å²) in [4.78, 5) is 0. The Morgan fingerprint density at radius 1 is 1.25 bits per heavy atom. The first-order chi connectivity index (χ1) is 9.54. The highest BCUT2D eigenvalue weighted by atomic mass is 15.3. The van der Waals surface area contributed by atoms with Crippen LogP contribution in [-0.2, 0) is 12.1 Å². The van der Waals surface area contributed by atoms with Crippen molar-refractivity contribution in [3.63, 3.8) is 0 Å². The molecule has 0 unspecified atom stereocenters. The topological polar surface area (TPSA) is 58.5 Å². The summed E-state index contributed by atoms with van der Waals surface area (Å²) in [6.45, 7) is 7.17. The number of benzene rings is 1. The van der Waals surface area contributed by atoms with Gasteiger partial charge in [-0.05, 0) is 26.8 Å². The van der Waals surface area contributed by atoms with Crippen LogP contribution in [0.25, 0.3) is 10.9 Å². The minimum atomic E-state index is 0.0155. The molecule has 0 aliphatic carbocycles. The normalized spacial score (nSPS) is 11.9. The molecule has 2 heterocycles. The number of hydrogen-bond donors (Lipinski definition) is 2. The molecule has 1 aromatic carbocycles. The first-order valence-electron chi connectivity index (χ1n) is 6.74. The lowest BCUT2D eigenvalue weighted by atomic mass is 10.1. The smallest absolute Gasteiger partial charge is 0.0881 e. The van der Waals surface area contributed by atoms with Crippen molar-refractivity contribution >= 4 is 16.6 Å². The second kappa shape index (κ2) is 4.67. The number of nitrogens with zero attached hydrogens (tertiary/aromatic N) is 3. The second-order valence-corrected chi connectivity index (χ2v) is 5.96. The van der Waals surface area contributed by atoms with Crippen molar-refractivity contribution in [2.75, 3.05) is 5.32 Å². The maximum absolute atomic E-state index is 4.41. The Morgan fingerprint density at radius 3 is 2.85 bits per heavy atom. The molecule has 2 aromatic heterocycles. The molecule has 2 N–H and O–H groups in total. The number of nitrogens with one attached hydrogen (secondary N) is 2. The van der Waals surface area contributed by atoms with E-state index in [1.807, 2.05) is 29.2 Å². The second-order valence-electron chi connectivity index (χ2n) is 5.96. The first-order valence-corrected chi connectivity index (χ1v) is 6.74. The van der Waals surface area contributed by atoms with Crippen molar-refractivity contribution in [3.05, 3.63) is 42.4 Å². The van der Waals surface area contributed by atoms with Crippen LogP contribution in [0.3, 0.4) is 0 Å². The number of para-hydroxylation sites is 1. The van der Waals surface area contributed by atoms with Gasteiger partial charge in [0, 0.05) is 23.7 Å². The number of aromatic nitrogens is 4. The molecule has 0 bridgehead atoms. The summed E-state index contributed by atoms with van der Waals surface area (Å²) < 4.78 is 1.99. The number of H-pyrrole nitrogens is 1. The van der Waals surface area contributed by atoms with Gasteiger partial charge < -0.3 is 5.32 Å². The fraction of sp³-hybridized carbons (Fsp3) is 0.333. The molecule has 104 valence electrons. The van der Waals surface area contributed by atoms with Crippen molar-refractivity contribution < 1.29 is 0 Å². The van der Waals surface area contributed by atoms with Crippen LogP contribution in [-0.4, -0.2) is 20.0 Å². The largest absolute Gasteiger partial charge is 0.379 e. The molecule has 0 aliphatic rings. The summed E-state index contributed by atoms with van der Waals surface area (Å²) in [7, 11) is 0. The van der Waals surface area contributed by atoms with Crippen LogP contribution in [0.4, 0.5) is 5.69 Å². The van der Waals surface area contributed by atoms with Crippen molar-refractivity contribution in [2.24, 2.45) is 0 Å². The van der Waals surface area contributed by atoms with Crippen molar-refractivity contribution in [1.82, 2.24) is 20.0 Å². The number of anilines is 1. The Balaban J connectivity index is 1.76. The molecule has 5 nitrogen and oxygen atoms in total. The molecule has 0 spiro atoms. The standard InChI is InChI=1S/C15H19N5/c1-15(2,3)20-10-11(8-18-20)7-16-13-6-4-5-12-9-17-19-14(12)13/h4-6,8-10,16H,7H2,1-3H3,(H,17,19). The maximum Gasteiger partial charge on any atom is 0.0881 e. The van der Waals surface area contributed by atoms with E-state index in [9.17, 15) is 0 Å². The lowest BCUT2D eigenvalue weighted by Crippen LogP contribution is -2.21. The van der Waals surface area contributed by atoms with Gasteiger partial charge in [0.15, 0.2) is 0 Å². The number of hydrogen-bond acceptors (Lipinski definition) is 3. The van der Waals surface area contributed by atoms with E-state index in [1.165, 1.54) is 0 Å². The molecule has 3 rings (SSSR count). The Bertz CT molecular complexity index is 717. The first kappa shape index (κ1) is 12.7. The molecule has 0 saturated carbocycles. The minimum Gasteiger partial charge on any atom is -0.379 e. The molecule has 0 atom stereocenters. The summed E-state index contributed by atoms with van der Waals surface area (Å²) in [6.07, 6.45) is 5.82. The Labute approximate surface area is 118 Å². The monoisotopic (exact) mass is 269 g/mol. The molecular weight excluding hydrogens is 250 g/mol. The van der Waals surface area contributed by atoms with E-state index in [0.717, 1.165) is 28.7 Å². The van der Waals surface area contributed by atoms with Crippen LogP contribution in [0.15, 0.2) is 36.8 Å². The zero-order valence-corrected chi connectivity index (χ0v) is 12.0. The number of rotatable bonds is 3. The molecule has 3 aromatic rings. The van der Waals surface area contributed by atoms with Gasteiger partial charge in [-0.2, -0.15) is 10.2 Å². The van der Waals surface area contributed by atoms with E-state index in [-0.39, 0.29) is 5.54 Å². The third kappa shape index (κ3) is 2.39. The number of aromatic amines is 1. The van der Waals surface area contributed by atoms with Gasteiger partial charge in [-0.3, -0.25) is 9.78 Å². The molecule has 0 amide bonds. The molecule has 0 radical (unpaired) electrons. The quantitative estimate of drug-likeness (QED) is 0.768. The minimum absolute atomic E-state index is 0.0155. The third-order valence-corrected chi connectivity index (χ3v) is 3.28. The van der Waals surface area contributed by atoms with Gasteiger partial charge in [0.2, 0.25) is 0 Å². The Morgan fingerprint density at radius 2 is 2.10 bits per heavy atom. The predicted octanol–water partition coefficient (Wildman–Crippen LogP) is 3.13. The highest BCUT2D eigenvalue weighted by molar-refractivity contribution is 5.89. The predicted molar refractivity (Wildman–Crippen MR) is 80.6 cm³/mol. The number of fused-ring (bicyclic) bond motifs is 1. The van der Waals surface area contributed by atoms with Gasteiger partial charge in [-0.15, -0.1) is 0 Å². The summed E-state index contributed by atoms with van der Waals surface area (Å²) >= 11 is 0. The molecule has 0 fully saturated rings. The van der Waals surface area contributed by atoms with Crippen LogP contribution in [0, 0.1) is 0 Å². The molecule has 0 saturated heterocycles. The Kier molecular flexibility index (Phi) is 2.97. The van der Waals surface area contributed by atoms with E-state index < -0.39 is 0 Å². The van der Waals surface area contributed by atoms with Crippen LogP contribution >= 0.6 is 0 Å². The lowest BCUT2D eigenvalue weighted by Gasteiger charge is -2.18. The fourth-order valence-electron chi connectivity index (χ4n) is 2.13. The van der Waals surface area contributed by atoms with E-state index in [1.54, 1.807) is 0 Å². The zero-order chi connectivity index (χ0) is 14.2.